The van der Waals surface area contributed by atoms with Gasteiger partial charge in [0.25, 0.3) is 0 Å². The molecule has 24 heavy (non-hydrogen) atoms. The molecule has 1 aliphatic rings. The van der Waals surface area contributed by atoms with Gasteiger partial charge in [-0.25, -0.2) is 9.07 Å². The second kappa shape index (κ2) is 6.45. The first-order valence-corrected chi connectivity index (χ1v) is 8.05. The summed E-state index contributed by atoms with van der Waals surface area (Å²) in [5.41, 5.74) is 4.03. The Morgan fingerprint density at radius 1 is 0.875 bits per heavy atom. The van der Waals surface area contributed by atoms with Crippen molar-refractivity contribution in [2.24, 2.45) is 0 Å². The number of rotatable bonds is 3. The molecule has 0 unspecified atom stereocenters. The summed E-state index contributed by atoms with van der Waals surface area (Å²) in [6.45, 7) is 3.20. The predicted octanol–water partition coefficient (Wildman–Crippen LogP) is 3.52. The summed E-state index contributed by atoms with van der Waals surface area (Å²) in [6.07, 6.45) is 1.77. The molecule has 0 atom stereocenters. The van der Waals surface area contributed by atoms with Gasteiger partial charge in [0.1, 0.15) is 5.82 Å². The molecule has 0 radical (unpaired) electrons. The van der Waals surface area contributed by atoms with Gasteiger partial charge in [-0.15, -0.1) is 0 Å². The standard InChI is InChI=1S/C19H18FN3O/c20-16-7-5-15(6-8-16)17-9-10-21-23(17)19-4-2-1-3-18(19)22-11-13-24-14-12-22/h1-10H,11-14H2. The lowest BCUT2D eigenvalue weighted by atomic mass is 10.1. The maximum Gasteiger partial charge on any atom is 0.123 e. The highest BCUT2D eigenvalue weighted by Gasteiger charge is 2.17. The average Bonchev–Trinajstić information content (AvgIpc) is 3.13. The van der Waals surface area contributed by atoms with Crippen molar-refractivity contribution in [3.63, 3.8) is 0 Å². The van der Waals surface area contributed by atoms with Gasteiger partial charge < -0.3 is 9.64 Å². The highest BCUT2D eigenvalue weighted by Crippen LogP contribution is 2.29. The molecule has 2 heterocycles. The van der Waals surface area contributed by atoms with Crippen LogP contribution in [-0.2, 0) is 4.74 Å². The second-order valence-corrected chi connectivity index (χ2v) is 5.72. The first kappa shape index (κ1) is 14.9. The van der Waals surface area contributed by atoms with Crippen LogP contribution in [-0.4, -0.2) is 36.1 Å². The number of aromatic nitrogens is 2. The first-order valence-electron chi connectivity index (χ1n) is 8.05. The molecule has 3 aromatic rings. The lowest BCUT2D eigenvalue weighted by Crippen LogP contribution is -2.36. The highest BCUT2D eigenvalue weighted by molar-refractivity contribution is 5.68. The summed E-state index contributed by atoms with van der Waals surface area (Å²) < 4.78 is 20.6. The van der Waals surface area contributed by atoms with Crippen LogP contribution < -0.4 is 4.90 Å². The largest absolute Gasteiger partial charge is 0.378 e. The van der Waals surface area contributed by atoms with E-state index in [1.807, 2.05) is 22.9 Å². The van der Waals surface area contributed by atoms with E-state index < -0.39 is 0 Å². The van der Waals surface area contributed by atoms with Crippen molar-refractivity contribution >= 4 is 5.69 Å². The van der Waals surface area contributed by atoms with Crippen molar-refractivity contribution in [2.45, 2.75) is 0 Å². The van der Waals surface area contributed by atoms with Crippen LogP contribution in [0.2, 0.25) is 0 Å². The Hall–Kier alpha value is -2.66. The minimum Gasteiger partial charge on any atom is -0.378 e. The van der Waals surface area contributed by atoms with E-state index in [-0.39, 0.29) is 5.82 Å². The molecule has 0 saturated carbocycles. The lowest BCUT2D eigenvalue weighted by molar-refractivity contribution is 0.122. The lowest BCUT2D eigenvalue weighted by Gasteiger charge is -2.30. The number of para-hydroxylation sites is 2. The predicted molar refractivity (Wildman–Crippen MR) is 92.0 cm³/mol. The van der Waals surface area contributed by atoms with Crippen molar-refractivity contribution in [1.82, 2.24) is 9.78 Å². The Morgan fingerprint density at radius 3 is 2.33 bits per heavy atom. The fraction of sp³-hybridized carbons (Fsp3) is 0.211. The van der Waals surface area contributed by atoms with E-state index in [2.05, 4.69) is 22.1 Å². The zero-order chi connectivity index (χ0) is 16.4. The Kier molecular flexibility index (Phi) is 4.01. The third-order valence-corrected chi connectivity index (χ3v) is 4.24. The smallest absolute Gasteiger partial charge is 0.123 e. The molecular formula is C19H18FN3O. The molecule has 0 N–H and O–H groups in total. The van der Waals surface area contributed by atoms with E-state index in [0.717, 1.165) is 48.9 Å². The number of anilines is 1. The van der Waals surface area contributed by atoms with Crippen molar-refractivity contribution in [3.8, 4) is 16.9 Å². The Morgan fingerprint density at radius 2 is 1.58 bits per heavy atom. The number of ether oxygens (including phenoxy) is 1. The van der Waals surface area contributed by atoms with E-state index in [9.17, 15) is 4.39 Å². The van der Waals surface area contributed by atoms with E-state index >= 15 is 0 Å². The van der Waals surface area contributed by atoms with Gasteiger partial charge in [-0.2, -0.15) is 5.10 Å². The molecular weight excluding hydrogens is 305 g/mol. The zero-order valence-corrected chi connectivity index (χ0v) is 13.2. The topological polar surface area (TPSA) is 30.3 Å². The van der Waals surface area contributed by atoms with Gasteiger partial charge in [0.05, 0.1) is 36.5 Å². The molecule has 4 nitrogen and oxygen atoms in total. The van der Waals surface area contributed by atoms with Gasteiger partial charge >= 0.3 is 0 Å². The second-order valence-electron chi connectivity index (χ2n) is 5.72. The number of halogens is 1. The van der Waals surface area contributed by atoms with Crippen molar-refractivity contribution in [1.29, 1.82) is 0 Å². The molecule has 0 aliphatic carbocycles. The third-order valence-electron chi connectivity index (χ3n) is 4.24. The van der Waals surface area contributed by atoms with Crippen molar-refractivity contribution < 1.29 is 9.13 Å². The molecule has 1 saturated heterocycles. The summed E-state index contributed by atoms with van der Waals surface area (Å²) in [6, 6.07) is 16.7. The van der Waals surface area contributed by atoms with Crippen LogP contribution in [0.3, 0.4) is 0 Å². The van der Waals surface area contributed by atoms with Crippen LogP contribution in [0.4, 0.5) is 10.1 Å². The van der Waals surface area contributed by atoms with E-state index in [0.29, 0.717) is 0 Å². The summed E-state index contributed by atoms with van der Waals surface area (Å²) >= 11 is 0. The van der Waals surface area contributed by atoms with Crippen molar-refractivity contribution in [3.05, 3.63) is 66.6 Å². The molecule has 4 rings (SSSR count). The monoisotopic (exact) mass is 323 g/mol. The van der Waals surface area contributed by atoms with Gasteiger partial charge in [-0.1, -0.05) is 12.1 Å². The highest BCUT2D eigenvalue weighted by atomic mass is 19.1. The molecule has 1 fully saturated rings. The number of hydrogen-bond donors (Lipinski definition) is 0. The fourth-order valence-corrected chi connectivity index (χ4v) is 3.05. The van der Waals surface area contributed by atoms with E-state index in [1.165, 1.54) is 12.1 Å². The molecule has 0 bridgehead atoms. The normalized spacial score (nSPS) is 14.8. The van der Waals surface area contributed by atoms with Crippen LogP contribution in [0.5, 0.6) is 0 Å². The summed E-state index contributed by atoms with van der Waals surface area (Å²) in [5.74, 6) is -0.237. The van der Waals surface area contributed by atoms with Gasteiger partial charge in [-0.05, 0) is 42.5 Å². The Bertz CT molecular complexity index is 823. The Labute approximate surface area is 140 Å². The number of hydrogen-bond acceptors (Lipinski definition) is 3. The minimum absolute atomic E-state index is 0.237. The van der Waals surface area contributed by atoms with Gasteiger partial charge in [0, 0.05) is 18.7 Å². The van der Waals surface area contributed by atoms with Crippen LogP contribution in [0.25, 0.3) is 16.9 Å². The zero-order valence-electron chi connectivity index (χ0n) is 13.2. The SMILES string of the molecule is Fc1ccc(-c2ccnn2-c2ccccc2N2CCOCC2)cc1. The average molecular weight is 323 g/mol. The minimum atomic E-state index is -0.237. The maximum atomic E-state index is 13.2. The molecule has 122 valence electrons. The van der Waals surface area contributed by atoms with Gasteiger partial charge in [0.15, 0.2) is 0 Å². The Balaban J connectivity index is 1.78. The molecule has 1 aliphatic heterocycles. The van der Waals surface area contributed by atoms with E-state index in [1.54, 1.807) is 18.3 Å². The number of benzene rings is 2. The molecule has 1 aromatic heterocycles. The van der Waals surface area contributed by atoms with Crippen LogP contribution in [0.15, 0.2) is 60.8 Å². The quantitative estimate of drug-likeness (QED) is 0.739. The van der Waals surface area contributed by atoms with Gasteiger partial charge in [-0.3, -0.25) is 0 Å². The first-order chi connectivity index (χ1) is 11.8. The molecule has 0 spiro atoms. The molecule has 0 amide bonds. The summed E-state index contributed by atoms with van der Waals surface area (Å²) in [5, 5.41) is 4.51. The summed E-state index contributed by atoms with van der Waals surface area (Å²) in [7, 11) is 0. The molecule has 5 heteroatoms. The van der Waals surface area contributed by atoms with Crippen LogP contribution in [0, 0.1) is 5.82 Å². The van der Waals surface area contributed by atoms with Gasteiger partial charge in [0.2, 0.25) is 0 Å². The van der Waals surface area contributed by atoms with Crippen LogP contribution in [0.1, 0.15) is 0 Å². The number of morpholine rings is 1. The van der Waals surface area contributed by atoms with E-state index in [4.69, 9.17) is 4.74 Å². The number of nitrogens with zero attached hydrogens (tertiary/aromatic N) is 3. The van der Waals surface area contributed by atoms with Crippen molar-refractivity contribution in [2.75, 3.05) is 31.2 Å². The van der Waals surface area contributed by atoms with Crippen LogP contribution >= 0.6 is 0 Å². The maximum absolute atomic E-state index is 13.2. The third kappa shape index (κ3) is 2.78. The summed E-state index contributed by atoms with van der Waals surface area (Å²) in [4.78, 5) is 2.31. The molecule has 2 aromatic carbocycles. The fourth-order valence-electron chi connectivity index (χ4n) is 3.05.